The average molecular weight is 313 g/mol. The summed E-state index contributed by atoms with van der Waals surface area (Å²) >= 11 is 0. The second-order valence-electron chi connectivity index (χ2n) is 4.76. The highest BCUT2D eigenvalue weighted by atomic mass is 16.5. The first kappa shape index (κ1) is 14.8. The Morgan fingerprint density at radius 1 is 1.35 bits per heavy atom. The summed E-state index contributed by atoms with van der Waals surface area (Å²) in [6.45, 7) is 1.84. The van der Waals surface area contributed by atoms with Crippen LogP contribution in [0, 0.1) is 6.92 Å². The largest absolute Gasteiger partial charge is 0.496 e. The highest BCUT2D eigenvalue weighted by molar-refractivity contribution is 5.93. The Bertz CT molecular complexity index is 824. The molecule has 2 heterocycles. The number of carbonyl (C=O) groups excluding carboxylic acids is 1. The van der Waals surface area contributed by atoms with Crippen LogP contribution < -0.4 is 10.1 Å². The highest BCUT2D eigenvalue weighted by Crippen LogP contribution is 2.28. The zero-order valence-corrected chi connectivity index (χ0v) is 12.7. The van der Waals surface area contributed by atoms with Gasteiger partial charge in [0.25, 0.3) is 5.91 Å². The summed E-state index contributed by atoms with van der Waals surface area (Å²) in [7, 11) is 1.59. The molecule has 1 amide bonds. The predicted octanol–water partition coefficient (Wildman–Crippen LogP) is 1.71. The maximum absolute atomic E-state index is 12.1. The molecule has 2 aromatic heterocycles. The quantitative estimate of drug-likeness (QED) is 0.742. The molecule has 0 bridgehead atoms. The molecule has 8 heteroatoms. The first-order chi connectivity index (χ1) is 11.2. The van der Waals surface area contributed by atoms with Gasteiger partial charge in [0.1, 0.15) is 11.4 Å². The van der Waals surface area contributed by atoms with Crippen molar-refractivity contribution in [2.24, 2.45) is 0 Å². The van der Waals surface area contributed by atoms with E-state index in [9.17, 15) is 4.79 Å². The van der Waals surface area contributed by atoms with Gasteiger partial charge >= 0.3 is 0 Å². The number of rotatable bonds is 5. The lowest BCUT2D eigenvalue weighted by Crippen LogP contribution is -2.23. The molecular formula is C15H15N5O3. The Balaban J connectivity index is 1.72. The first-order valence-corrected chi connectivity index (χ1v) is 6.93. The van der Waals surface area contributed by atoms with Crippen molar-refractivity contribution in [3.63, 3.8) is 0 Å². The lowest BCUT2D eigenvalue weighted by molar-refractivity contribution is 0.0942. The standard InChI is InChI=1S/C15H15N5O3/c1-9-17-20-14(23-9)8-16-15(21)12-7-11(18-19-12)10-5-3-4-6-13(10)22-2/h3-7H,8H2,1-2H3,(H,16,21)(H,18,19). The van der Waals surface area contributed by atoms with Crippen LogP contribution in [0.25, 0.3) is 11.3 Å². The summed E-state index contributed by atoms with van der Waals surface area (Å²) in [4.78, 5) is 12.1. The summed E-state index contributed by atoms with van der Waals surface area (Å²) in [5.41, 5.74) is 1.77. The van der Waals surface area contributed by atoms with Crippen LogP contribution in [0.1, 0.15) is 22.3 Å². The third-order valence-electron chi connectivity index (χ3n) is 3.17. The monoisotopic (exact) mass is 313 g/mol. The summed E-state index contributed by atoms with van der Waals surface area (Å²) in [6.07, 6.45) is 0. The minimum absolute atomic E-state index is 0.155. The van der Waals surface area contributed by atoms with Gasteiger partial charge in [-0.3, -0.25) is 9.89 Å². The number of benzene rings is 1. The molecule has 8 nitrogen and oxygen atoms in total. The zero-order valence-electron chi connectivity index (χ0n) is 12.7. The number of H-pyrrole nitrogens is 1. The van der Waals surface area contributed by atoms with E-state index in [-0.39, 0.29) is 12.5 Å². The molecule has 0 saturated carbocycles. The van der Waals surface area contributed by atoms with Gasteiger partial charge in [0, 0.05) is 12.5 Å². The van der Waals surface area contributed by atoms with E-state index >= 15 is 0 Å². The van der Waals surface area contributed by atoms with Crippen molar-refractivity contribution in [3.05, 3.63) is 47.8 Å². The maximum atomic E-state index is 12.1. The summed E-state index contributed by atoms with van der Waals surface area (Å²) < 4.78 is 10.5. The summed E-state index contributed by atoms with van der Waals surface area (Å²) in [6, 6.07) is 9.12. The minimum atomic E-state index is -0.311. The first-order valence-electron chi connectivity index (χ1n) is 6.93. The van der Waals surface area contributed by atoms with Crippen molar-refractivity contribution in [2.45, 2.75) is 13.5 Å². The molecule has 0 radical (unpaired) electrons. The zero-order chi connectivity index (χ0) is 16.2. The molecule has 2 N–H and O–H groups in total. The van der Waals surface area contributed by atoms with Gasteiger partial charge in [-0.05, 0) is 18.2 Å². The van der Waals surface area contributed by atoms with Crippen LogP contribution in [0.15, 0.2) is 34.7 Å². The molecule has 0 unspecified atom stereocenters. The molecule has 118 valence electrons. The molecule has 23 heavy (non-hydrogen) atoms. The van der Waals surface area contributed by atoms with Crippen LogP contribution in [0.5, 0.6) is 5.75 Å². The third kappa shape index (κ3) is 3.20. The maximum Gasteiger partial charge on any atom is 0.269 e. The topological polar surface area (TPSA) is 106 Å². The molecule has 3 aromatic rings. The molecule has 0 aliphatic carbocycles. The van der Waals surface area contributed by atoms with E-state index in [0.717, 1.165) is 5.56 Å². The number of nitrogens with one attached hydrogen (secondary N) is 2. The Hall–Kier alpha value is -3.16. The average Bonchev–Trinajstić information content (AvgIpc) is 3.21. The van der Waals surface area contributed by atoms with E-state index in [1.165, 1.54) is 0 Å². The molecule has 0 aliphatic heterocycles. The fourth-order valence-corrected chi connectivity index (χ4v) is 2.09. The van der Waals surface area contributed by atoms with Gasteiger partial charge in [0.15, 0.2) is 0 Å². The second-order valence-corrected chi connectivity index (χ2v) is 4.76. The third-order valence-corrected chi connectivity index (χ3v) is 3.17. The molecular weight excluding hydrogens is 298 g/mol. The number of para-hydroxylation sites is 1. The number of aryl methyl sites for hydroxylation is 1. The Morgan fingerprint density at radius 2 is 2.17 bits per heavy atom. The normalized spacial score (nSPS) is 10.5. The van der Waals surface area contributed by atoms with Crippen molar-refractivity contribution >= 4 is 5.91 Å². The lowest BCUT2D eigenvalue weighted by Gasteiger charge is -2.04. The number of carbonyl (C=O) groups is 1. The summed E-state index contributed by atoms with van der Waals surface area (Å²) in [5.74, 6) is 1.18. The fraction of sp³-hybridized carbons (Fsp3) is 0.200. The number of methoxy groups -OCH3 is 1. The number of aromatic amines is 1. The van der Waals surface area contributed by atoms with E-state index in [1.807, 2.05) is 24.3 Å². The highest BCUT2D eigenvalue weighted by Gasteiger charge is 2.14. The second kappa shape index (κ2) is 6.30. The molecule has 0 spiro atoms. The molecule has 0 fully saturated rings. The van der Waals surface area contributed by atoms with Crippen molar-refractivity contribution in [1.29, 1.82) is 0 Å². The smallest absolute Gasteiger partial charge is 0.269 e. The number of hydrogen-bond donors (Lipinski definition) is 2. The Labute approximate surface area is 131 Å². The number of amides is 1. The summed E-state index contributed by atoms with van der Waals surface area (Å²) in [5, 5.41) is 17.1. The van der Waals surface area contributed by atoms with Crippen molar-refractivity contribution in [1.82, 2.24) is 25.7 Å². The number of hydrogen-bond acceptors (Lipinski definition) is 6. The van der Waals surface area contributed by atoms with Gasteiger partial charge in [-0.25, -0.2) is 0 Å². The molecule has 3 rings (SSSR count). The van der Waals surface area contributed by atoms with Crippen LogP contribution in [0.2, 0.25) is 0 Å². The van der Waals surface area contributed by atoms with Crippen LogP contribution in [-0.4, -0.2) is 33.4 Å². The minimum Gasteiger partial charge on any atom is -0.496 e. The number of nitrogens with zero attached hydrogens (tertiary/aromatic N) is 3. The van der Waals surface area contributed by atoms with Crippen molar-refractivity contribution in [2.75, 3.05) is 7.11 Å². The van der Waals surface area contributed by atoms with Crippen LogP contribution in [0.4, 0.5) is 0 Å². The van der Waals surface area contributed by atoms with Gasteiger partial charge in [0.05, 0.1) is 19.3 Å². The van der Waals surface area contributed by atoms with Gasteiger partial charge in [-0.2, -0.15) is 5.10 Å². The van der Waals surface area contributed by atoms with E-state index in [4.69, 9.17) is 9.15 Å². The predicted molar refractivity (Wildman–Crippen MR) is 80.8 cm³/mol. The number of ether oxygens (including phenoxy) is 1. The van der Waals surface area contributed by atoms with Gasteiger partial charge in [0.2, 0.25) is 11.8 Å². The lowest BCUT2D eigenvalue weighted by atomic mass is 10.1. The SMILES string of the molecule is COc1ccccc1-c1cc(C(=O)NCc2nnc(C)o2)[nH]n1. The number of aromatic nitrogens is 4. The molecule has 0 atom stereocenters. The van der Waals surface area contributed by atoms with Crippen molar-refractivity contribution in [3.8, 4) is 17.0 Å². The van der Waals surface area contributed by atoms with E-state index in [1.54, 1.807) is 20.1 Å². The molecule has 1 aromatic carbocycles. The van der Waals surface area contributed by atoms with Gasteiger partial charge in [-0.1, -0.05) is 12.1 Å². The van der Waals surface area contributed by atoms with Crippen LogP contribution in [-0.2, 0) is 6.54 Å². The van der Waals surface area contributed by atoms with Crippen LogP contribution in [0.3, 0.4) is 0 Å². The van der Waals surface area contributed by atoms with E-state index < -0.39 is 0 Å². The fourth-order valence-electron chi connectivity index (χ4n) is 2.09. The van der Waals surface area contributed by atoms with Crippen LogP contribution >= 0.6 is 0 Å². The van der Waals surface area contributed by atoms with Gasteiger partial charge < -0.3 is 14.5 Å². The Morgan fingerprint density at radius 3 is 2.91 bits per heavy atom. The van der Waals surface area contributed by atoms with Gasteiger partial charge in [-0.15, -0.1) is 10.2 Å². The van der Waals surface area contributed by atoms with E-state index in [2.05, 4.69) is 25.7 Å². The molecule has 0 saturated heterocycles. The molecule has 0 aliphatic rings. The van der Waals surface area contributed by atoms with Crippen molar-refractivity contribution < 1.29 is 13.9 Å². The van der Waals surface area contributed by atoms with E-state index in [0.29, 0.717) is 28.9 Å². The Kier molecular flexibility index (Phi) is 4.05.